The van der Waals surface area contributed by atoms with E-state index in [-0.39, 0.29) is 0 Å². The van der Waals surface area contributed by atoms with E-state index in [0.717, 1.165) is 6.04 Å². The molecule has 2 aliphatic rings. The fourth-order valence-corrected chi connectivity index (χ4v) is 4.60. The molecule has 2 heterocycles. The first-order valence-corrected chi connectivity index (χ1v) is 9.59. The van der Waals surface area contributed by atoms with E-state index in [1.807, 2.05) is 11.3 Å². The molecule has 0 spiro atoms. The van der Waals surface area contributed by atoms with E-state index >= 15 is 0 Å². The Morgan fingerprint density at radius 1 is 1.33 bits per heavy atom. The minimum Gasteiger partial charge on any atom is -0.313 e. The third-order valence-corrected chi connectivity index (χ3v) is 6.78. The summed E-state index contributed by atoms with van der Waals surface area (Å²) in [6.07, 6.45) is 6.59. The molecule has 1 N–H and O–H groups in total. The van der Waals surface area contributed by atoms with Gasteiger partial charge in [-0.3, -0.25) is 4.90 Å². The lowest BCUT2D eigenvalue weighted by atomic mass is 9.80. The lowest BCUT2D eigenvalue weighted by molar-refractivity contribution is 0.0980. The van der Waals surface area contributed by atoms with Crippen molar-refractivity contribution in [3.63, 3.8) is 0 Å². The zero-order valence-electron chi connectivity index (χ0n) is 13.8. The van der Waals surface area contributed by atoms with Gasteiger partial charge in [0.1, 0.15) is 0 Å². The molecule has 3 rings (SSSR count). The fraction of sp³-hybridized carbons (Fsp3) is 0.778. The number of nitrogens with zero attached hydrogens (tertiary/aromatic N) is 1. The molecule has 3 heteroatoms. The van der Waals surface area contributed by atoms with Crippen molar-refractivity contribution < 1.29 is 0 Å². The molecule has 0 saturated heterocycles. The van der Waals surface area contributed by atoms with Crippen LogP contribution in [0.3, 0.4) is 0 Å². The van der Waals surface area contributed by atoms with E-state index in [0.29, 0.717) is 11.5 Å². The van der Waals surface area contributed by atoms with Crippen LogP contribution in [0.4, 0.5) is 0 Å². The third kappa shape index (κ3) is 3.35. The highest BCUT2D eigenvalue weighted by Gasteiger charge is 2.34. The van der Waals surface area contributed by atoms with E-state index in [9.17, 15) is 0 Å². The van der Waals surface area contributed by atoms with Gasteiger partial charge in [0.2, 0.25) is 0 Å². The maximum absolute atomic E-state index is 3.79. The topological polar surface area (TPSA) is 15.3 Å². The lowest BCUT2D eigenvalue weighted by Crippen LogP contribution is -2.46. The van der Waals surface area contributed by atoms with Crippen molar-refractivity contribution in [3.05, 3.63) is 21.9 Å². The van der Waals surface area contributed by atoms with E-state index in [2.05, 4.69) is 42.4 Å². The molecule has 1 aromatic rings. The Bertz CT molecular complexity index is 460. The quantitative estimate of drug-likeness (QED) is 0.811. The van der Waals surface area contributed by atoms with Crippen LogP contribution >= 0.6 is 11.3 Å². The van der Waals surface area contributed by atoms with Crippen molar-refractivity contribution in [3.8, 4) is 0 Å². The van der Waals surface area contributed by atoms with Crippen molar-refractivity contribution >= 4 is 11.3 Å². The zero-order chi connectivity index (χ0) is 14.9. The first-order chi connectivity index (χ1) is 10.2. The van der Waals surface area contributed by atoms with Crippen LogP contribution in [0, 0.1) is 5.41 Å². The summed E-state index contributed by atoms with van der Waals surface area (Å²) < 4.78 is 0. The summed E-state index contributed by atoms with van der Waals surface area (Å²) in [5.74, 6) is 0. The molecule has 1 aliphatic heterocycles. The molecule has 1 atom stereocenters. The summed E-state index contributed by atoms with van der Waals surface area (Å²) in [5, 5.41) is 6.06. The van der Waals surface area contributed by atoms with Gasteiger partial charge in [-0.1, -0.05) is 13.8 Å². The van der Waals surface area contributed by atoms with Crippen LogP contribution in [0.25, 0.3) is 0 Å². The molecule has 1 aromatic heterocycles. The van der Waals surface area contributed by atoms with Gasteiger partial charge in [0.15, 0.2) is 0 Å². The average molecular weight is 307 g/mol. The third-order valence-electron chi connectivity index (χ3n) is 5.79. The van der Waals surface area contributed by atoms with E-state index in [4.69, 9.17) is 0 Å². The highest BCUT2D eigenvalue weighted by molar-refractivity contribution is 7.10. The molecule has 0 radical (unpaired) electrons. The van der Waals surface area contributed by atoms with Gasteiger partial charge >= 0.3 is 0 Å². The highest BCUT2D eigenvalue weighted by Crippen LogP contribution is 2.37. The van der Waals surface area contributed by atoms with Crippen molar-refractivity contribution in [2.24, 2.45) is 5.41 Å². The Hall–Kier alpha value is -0.380. The standard InChI is InChI=1S/C18H30N2S/c1-4-18(5-2,12-19-15-6-7-15)13-20-10-8-17-16(14(20)3)9-11-21-17/h9,11,14-15,19H,4-8,10,12-13H2,1-3H3. The van der Waals surface area contributed by atoms with Crippen LogP contribution in [-0.4, -0.2) is 30.6 Å². The first kappa shape index (κ1) is 15.5. The summed E-state index contributed by atoms with van der Waals surface area (Å²) in [6, 6.07) is 3.77. The minimum atomic E-state index is 0.449. The number of hydrogen-bond donors (Lipinski definition) is 1. The van der Waals surface area contributed by atoms with Gasteiger partial charge in [-0.15, -0.1) is 11.3 Å². The fourth-order valence-electron chi connectivity index (χ4n) is 3.64. The Labute approximate surface area is 133 Å². The van der Waals surface area contributed by atoms with Crippen LogP contribution in [0.1, 0.15) is 62.9 Å². The smallest absolute Gasteiger partial charge is 0.0331 e. The number of rotatable bonds is 7. The summed E-state index contributed by atoms with van der Waals surface area (Å²) in [5.41, 5.74) is 2.03. The number of thiophene rings is 1. The van der Waals surface area contributed by atoms with Crippen molar-refractivity contribution in [1.29, 1.82) is 0 Å². The largest absolute Gasteiger partial charge is 0.313 e. The molecule has 1 unspecified atom stereocenters. The first-order valence-electron chi connectivity index (χ1n) is 8.71. The normalized spacial score (nSPS) is 23.3. The highest BCUT2D eigenvalue weighted by atomic mass is 32.1. The summed E-state index contributed by atoms with van der Waals surface area (Å²) in [7, 11) is 0. The molecule has 21 heavy (non-hydrogen) atoms. The SMILES string of the molecule is CCC(CC)(CNC1CC1)CN1CCc2sccc2C1C. The van der Waals surface area contributed by atoms with Crippen LogP contribution < -0.4 is 5.32 Å². The van der Waals surface area contributed by atoms with Crippen LogP contribution in [-0.2, 0) is 6.42 Å². The summed E-state index contributed by atoms with van der Waals surface area (Å²) in [6.45, 7) is 10.8. The predicted molar refractivity (Wildman–Crippen MR) is 92.1 cm³/mol. The molecule has 1 aliphatic carbocycles. The Balaban J connectivity index is 1.67. The molecular formula is C18H30N2S. The number of nitrogens with one attached hydrogen (secondary N) is 1. The van der Waals surface area contributed by atoms with E-state index in [1.165, 1.54) is 51.7 Å². The molecule has 118 valence electrons. The molecule has 0 amide bonds. The Morgan fingerprint density at radius 2 is 2.10 bits per heavy atom. The summed E-state index contributed by atoms with van der Waals surface area (Å²) >= 11 is 1.94. The second kappa shape index (κ2) is 6.39. The van der Waals surface area contributed by atoms with Crippen LogP contribution in [0.5, 0.6) is 0 Å². The Kier molecular flexibility index (Phi) is 4.72. The van der Waals surface area contributed by atoms with Crippen molar-refractivity contribution in [1.82, 2.24) is 10.2 Å². The van der Waals surface area contributed by atoms with Crippen LogP contribution in [0.2, 0.25) is 0 Å². The van der Waals surface area contributed by atoms with Gasteiger partial charge in [0.25, 0.3) is 0 Å². The van der Waals surface area contributed by atoms with Gasteiger partial charge in [-0.2, -0.15) is 0 Å². The predicted octanol–water partition coefficient (Wildman–Crippen LogP) is 4.23. The van der Waals surface area contributed by atoms with Gasteiger partial charge in [-0.25, -0.2) is 0 Å². The monoisotopic (exact) mass is 306 g/mol. The molecule has 0 bridgehead atoms. The molecule has 1 fully saturated rings. The van der Waals surface area contributed by atoms with Gasteiger partial charge in [-0.05, 0) is 61.5 Å². The van der Waals surface area contributed by atoms with E-state index in [1.54, 1.807) is 10.4 Å². The lowest BCUT2D eigenvalue weighted by Gasteiger charge is -2.42. The Morgan fingerprint density at radius 3 is 2.76 bits per heavy atom. The second-order valence-electron chi connectivity index (χ2n) is 7.06. The molecule has 1 saturated carbocycles. The minimum absolute atomic E-state index is 0.449. The van der Waals surface area contributed by atoms with Crippen molar-refractivity contribution in [2.75, 3.05) is 19.6 Å². The van der Waals surface area contributed by atoms with Crippen LogP contribution in [0.15, 0.2) is 11.4 Å². The number of hydrogen-bond acceptors (Lipinski definition) is 3. The van der Waals surface area contributed by atoms with E-state index < -0.39 is 0 Å². The maximum atomic E-state index is 3.79. The molecule has 0 aromatic carbocycles. The van der Waals surface area contributed by atoms with Gasteiger partial charge in [0.05, 0.1) is 0 Å². The van der Waals surface area contributed by atoms with Gasteiger partial charge in [0, 0.05) is 36.6 Å². The zero-order valence-corrected chi connectivity index (χ0v) is 14.6. The second-order valence-corrected chi connectivity index (χ2v) is 8.06. The van der Waals surface area contributed by atoms with Gasteiger partial charge < -0.3 is 5.32 Å². The summed E-state index contributed by atoms with van der Waals surface area (Å²) in [4.78, 5) is 4.35. The van der Waals surface area contributed by atoms with Crippen molar-refractivity contribution in [2.45, 2.75) is 65.0 Å². The average Bonchev–Trinajstić information content (AvgIpc) is 3.21. The molecular weight excluding hydrogens is 276 g/mol. The maximum Gasteiger partial charge on any atom is 0.0331 e. The number of fused-ring (bicyclic) bond motifs is 1. The molecule has 2 nitrogen and oxygen atoms in total.